The van der Waals surface area contributed by atoms with Crippen molar-refractivity contribution in [3.63, 3.8) is 0 Å². The number of halogens is 2. The van der Waals surface area contributed by atoms with Crippen LogP contribution in [0.4, 0.5) is 4.39 Å². The second-order valence-corrected chi connectivity index (χ2v) is 7.93. The number of carboxylic acids is 1. The number of hydrogen-bond acceptors (Lipinski definition) is 4. The highest BCUT2D eigenvalue weighted by atomic mass is 35.5. The average molecular weight is 395 g/mol. The quantitative estimate of drug-likeness (QED) is 0.799. The van der Waals surface area contributed by atoms with E-state index >= 15 is 0 Å². The van der Waals surface area contributed by atoms with Crippen LogP contribution in [-0.2, 0) is 14.8 Å². The summed E-state index contributed by atoms with van der Waals surface area (Å²) in [6.07, 6.45) is 1.07. The number of likely N-dealkylation sites (N-methyl/N-ethyl adjacent to an activating group) is 1. The molecule has 1 N–H and O–H groups in total. The largest absolute Gasteiger partial charge is 0.480 e. The Morgan fingerprint density at radius 2 is 1.96 bits per heavy atom. The maximum atomic E-state index is 13.9. The van der Waals surface area contributed by atoms with Crippen molar-refractivity contribution < 1.29 is 22.7 Å². The Balaban J connectivity index is 0.00000312. The van der Waals surface area contributed by atoms with Crippen LogP contribution in [0, 0.1) is 12.7 Å². The molecule has 1 aliphatic rings. The molecule has 6 nitrogen and oxygen atoms in total. The smallest absolute Gasteiger partial charge is 0.317 e. The molecule has 1 aromatic carbocycles. The van der Waals surface area contributed by atoms with Crippen molar-refractivity contribution in [1.29, 1.82) is 0 Å². The summed E-state index contributed by atoms with van der Waals surface area (Å²) in [4.78, 5) is 12.4. The monoisotopic (exact) mass is 394 g/mol. The molecular formula is C16H24ClFN2O4S. The lowest BCUT2D eigenvalue weighted by Crippen LogP contribution is -2.48. The van der Waals surface area contributed by atoms with Crippen LogP contribution in [0.3, 0.4) is 0 Å². The van der Waals surface area contributed by atoms with Gasteiger partial charge in [0.25, 0.3) is 0 Å². The van der Waals surface area contributed by atoms with Crippen molar-refractivity contribution in [2.24, 2.45) is 0 Å². The van der Waals surface area contributed by atoms with Crippen LogP contribution < -0.4 is 0 Å². The zero-order chi connectivity index (χ0) is 17.9. The summed E-state index contributed by atoms with van der Waals surface area (Å²) in [6.45, 7) is 4.66. The summed E-state index contributed by atoms with van der Waals surface area (Å²) in [6, 6.07) is 4.08. The molecule has 0 spiro atoms. The number of aryl methyl sites for hydroxylation is 1. The molecule has 9 heteroatoms. The fourth-order valence-electron chi connectivity index (χ4n) is 3.07. The second-order valence-electron chi connectivity index (χ2n) is 6.03. The second kappa shape index (κ2) is 8.93. The molecule has 142 valence electrons. The predicted molar refractivity (Wildman–Crippen MR) is 95.0 cm³/mol. The molecule has 2 rings (SSSR count). The van der Waals surface area contributed by atoms with Gasteiger partial charge in [-0.25, -0.2) is 12.8 Å². The Kier molecular flexibility index (Phi) is 7.80. The molecule has 0 saturated carbocycles. The fourth-order valence-corrected chi connectivity index (χ4v) is 4.69. The van der Waals surface area contributed by atoms with E-state index in [1.807, 2.05) is 11.8 Å². The average Bonchev–Trinajstić information content (AvgIpc) is 2.54. The van der Waals surface area contributed by atoms with Crippen LogP contribution in [0.25, 0.3) is 0 Å². The lowest BCUT2D eigenvalue weighted by molar-refractivity contribution is -0.139. The molecule has 1 aromatic rings. The van der Waals surface area contributed by atoms with Gasteiger partial charge < -0.3 is 5.11 Å². The number of benzene rings is 1. The van der Waals surface area contributed by atoms with Crippen LogP contribution in [0.1, 0.15) is 25.3 Å². The molecule has 0 radical (unpaired) electrons. The number of aliphatic carboxylic acids is 1. The van der Waals surface area contributed by atoms with Gasteiger partial charge in [0.2, 0.25) is 10.0 Å². The third kappa shape index (κ3) is 5.13. The molecule has 0 amide bonds. The molecular weight excluding hydrogens is 371 g/mol. The first-order valence-corrected chi connectivity index (χ1v) is 9.42. The van der Waals surface area contributed by atoms with Crippen molar-refractivity contribution in [2.45, 2.75) is 37.6 Å². The molecule has 1 saturated heterocycles. The highest BCUT2D eigenvalue weighted by Crippen LogP contribution is 2.25. The van der Waals surface area contributed by atoms with Crippen LogP contribution in [0.2, 0.25) is 0 Å². The van der Waals surface area contributed by atoms with Gasteiger partial charge in [-0.3, -0.25) is 9.69 Å². The van der Waals surface area contributed by atoms with E-state index in [9.17, 15) is 17.6 Å². The molecule has 25 heavy (non-hydrogen) atoms. The van der Waals surface area contributed by atoms with E-state index in [-0.39, 0.29) is 43.0 Å². The Morgan fingerprint density at radius 1 is 1.36 bits per heavy atom. The van der Waals surface area contributed by atoms with Gasteiger partial charge in [0.05, 0.1) is 6.54 Å². The minimum Gasteiger partial charge on any atom is -0.480 e. The highest BCUT2D eigenvalue weighted by Gasteiger charge is 2.33. The molecule has 0 aromatic heterocycles. The van der Waals surface area contributed by atoms with Crippen LogP contribution in [-0.4, -0.2) is 60.9 Å². The highest BCUT2D eigenvalue weighted by molar-refractivity contribution is 7.89. The molecule has 0 aliphatic carbocycles. The van der Waals surface area contributed by atoms with E-state index in [0.717, 1.165) is 0 Å². The number of nitrogens with zero attached hydrogens (tertiary/aromatic N) is 2. The minimum absolute atomic E-state index is 0. The summed E-state index contributed by atoms with van der Waals surface area (Å²) in [5, 5.41) is 8.94. The zero-order valence-corrected chi connectivity index (χ0v) is 15.9. The molecule has 1 heterocycles. The zero-order valence-electron chi connectivity index (χ0n) is 14.3. The number of piperidine rings is 1. The predicted octanol–water partition coefficient (Wildman–Crippen LogP) is 2.12. The first-order chi connectivity index (χ1) is 11.3. The summed E-state index contributed by atoms with van der Waals surface area (Å²) < 4.78 is 40.6. The maximum Gasteiger partial charge on any atom is 0.317 e. The topological polar surface area (TPSA) is 77.9 Å². The third-order valence-corrected chi connectivity index (χ3v) is 6.30. The van der Waals surface area contributed by atoms with Crippen molar-refractivity contribution in [1.82, 2.24) is 9.21 Å². The summed E-state index contributed by atoms with van der Waals surface area (Å²) >= 11 is 0. The van der Waals surface area contributed by atoms with E-state index in [2.05, 4.69) is 0 Å². The van der Waals surface area contributed by atoms with Crippen LogP contribution in [0.5, 0.6) is 0 Å². The summed E-state index contributed by atoms with van der Waals surface area (Å²) in [5.74, 6) is -1.64. The minimum atomic E-state index is -3.87. The standard InChI is InChI=1S/C16H23FN2O4S.ClH/c1-3-18(11-16(20)21)13-6-8-19(9-7-13)24(22,23)15-10-12(2)4-5-14(15)17;/h4-5,10,13H,3,6-9,11H2,1-2H3,(H,20,21);1H. The summed E-state index contributed by atoms with van der Waals surface area (Å²) in [7, 11) is -3.87. The van der Waals surface area contributed by atoms with E-state index in [1.54, 1.807) is 6.92 Å². The van der Waals surface area contributed by atoms with Gasteiger partial charge in [-0.1, -0.05) is 13.0 Å². The SMILES string of the molecule is CCN(CC(=O)O)C1CCN(S(=O)(=O)c2cc(C)ccc2F)CC1.Cl. The Hall–Kier alpha value is -1.22. The maximum absolute atomic E-state index is 13.9. The van der Waals surface area contributed by atoms with Crippen LogP contribution >= 0.6 is 12.4 Å². The van der Waals surface area contributed by atoms with Gasteiger partial charge >= 0.3 is 5.97 Å². The number of carbonyl (C=O) groups is 1. The van der Waals surface area contributed by atoms with Crippen molar-refractivity contribution in [3.8, 4) is 0 Å². The number of rotatable bonds is 6. The fraction of sp³-hybridized carbons (Fsp3) is 0.562. The van der Waals surface area contributed by atoms with E-state index in [4.69, 9.17) is 5.11 Å². The van der Waals surface area contributed by atoms with Gasteiger partial charge in [-0.2, -0.15) is 4.31 Å². The lowest BCUT2D eigenvalue weighted by Gasteiger charge is -2.36. The van der Waals surface area contributed by atoms with E-state index < -0.39 is 21.8 Å². The Bertz CT molecular complexity index is 706. The van der Waals surface area contributed by atoms with Gasteiger partial charge in [0, 0.05) is 19.1 Å². The summed E-state index contributed by atoms with van der Waals surface area (Å²) in [5.41, 5.74) is 0.684. The van der Waals surface area contributed by atoms with Gasteiger partial charge in [-0.15, -0.1) is 12.4 Å². The van der Waals surface area contributed by atoms with Crippen molar-refractivity contribution in [2.75, 3.05) is 26.2 Å². The van der Waals surface area contributed by atoms with Gasteiger partial charge in [0.1, 0.15) is 10.7 Å². The first-order valence-electron chi connectivity index (χ1n) is 7.98. The Labute approximate surface area is 154 Å². The van der Waals surface area contributed by atoms with Crippen LogP contribution in [0.15, 0.2) is 23.1 Å². The van der Waals surface area contributed by atoms with Crippen molar-refractivity contribution in [3.05, 3.63) is 29.6 Å². The van der Waals surface area contributed by atoms with Gasteiger partial charge in [0.15, 0.2) is 0 Å². The molecule has 1 aliphatic heterocycles. The molecule has 0 bridgehead atoms. The molecule has 0 atom stereocenters. The third-order valence-electron chi connectivity index (χ3n) is 4.39. The normalized spacial score (nSPS) is 16.6. The van der Waals surface area contributed by atoms with Crippen molar-refractivity contribution >= 4 is 28.4 Å². The van der Waals surface area contributed by atoms with E-state index in [1.165, 1.54) is 22.5 Å². The van der Waals surface area contributed by atoms with Gasteiger partial charge in [-0.05, 0) is 44.0 Å². The van der Waals surface area contributed by atoms with E-state index in [0.29, 0.717) is 24.9 Å². The Morgan fingerprint density at radius 3 is 2.48 bits per heavy atom. The molecule has 1 fully saturated rings. The lowest BCUT2D eigenvalue weighted by atomic mass is 10.0. The number of hydrogen-bond donors (Lipinski definition) is 1. The number of sulfonamides is 1. The first kappa shape index (κ1) is 21.8. The number of carboxylic acid groups (broad SMARTS) is 1. The molecule has 0 unspecified atom stereocenters.